The van der Waals surface area contributed by atoms with Crippen LogP contribution in [0.15, 0.2) is 42.5 Å². The van der Waals surface area contributed by atoms with E-state index < -0.39 is 40.6 Å². The number of nitrogens with zero attached hydrogens (tertiary/aromatic N) is 3. The lowest BCUT2D eigenvalue weighted by Crippen LogP contribution is -2.22. The first-order valence-corrected chi connectivity index (χ1v) is 9.39. The summed E-state index contributed by atoms with van der Waals surface area (Å²) in [6.45, 7) is 4.65. The Morgan fingerprint density at radius 2 is 1.81 bits per heavy atom. The number of benzene rings is 2. The van der Waals surface area contributed by atoms with E-state index in [9.17, 15) is 28.1 Å². The zero-order chi connectivity index (χ0) is 23.6. The highest BCUT2D eigenvalue weighted by Crippen LogP contribution is 2.38. The Labute approximate surface area is 180 Å². The third-order valence-corrected chi connectivity index (χ3v) is 4.67. The number of halogens is 3. The van der Waals surface area contributed by atoms with Crippen LogP contribution in [0.2, 0.25) is 0 Å². The SMILES string of the molecule is Cc1ccc(-n2nc(C)c(NC(=O)COc3ccc([N+](=O)[O-])cc3C(F)(F)F)c2C)cc1. The maximum absolute atomic E-state index is 13.2. The molecule has 3 rings (SSSR count). The van der Waals surface area contributed by atoms with Gasteiger partial charge in [0.2, 0.25) is 0 Å². The van der Waals surface area contributed by atoms with Crippen molar-refractivity contribution >= 4 is 17.3 Å². The van der Waals surface area contributed by atoms with Crippen LogP contribution in [0, 0.1) is 30.9 Å². The van der Waals surface area contributed by atoms with Gasteiger partial charge in [0.25, 0.3) is 11.6 Å². The zero-order valence-corrected chi connectivity index (χ0v) is 17.4. The standard InChI is InChI=1S/C21H19F3N4O4/c1-12-4-6-15(7-5-12)27-14(3)20(13(2)26-27)25-19(29)11-32-18-9-8-16(28(30)31)10-17(18)21(22,23)24/h4-10H,11H2,1-3H3,(H,25,29). The monoisotopic (exact) mass is 448 g/mol. The molecule has 32 heavy (non-hydrogen) atoms. The molecule has 1 heterocycles. The number of alkyl halides is 3. The summed E-state index contributed by atoms with van der Waals surface area (Å²) in [6, 6.07) is 9.64. The summed E-state index contributed by atoms with van der Waals surface area (Å²) in [5.41, 5.74) is 1.36. The van der Waals surface area contributed by atoms with Gasteiger partial charge in [0.15, 0.2) is 6.61 Å². The van der Waals surface area contributed by atoms with Crippen molar-refractivity contribution in [1.82, 2.24) is 9.78 Å². The third-order valence-electron chi connectivity index (χ3n) is 4.67. The van der Waals surface area contributed by atoms with Crippen LogP contribution < -0.4 is 10.1 Å². The van der Waals surface area contributed by atoms with E-state index in [4.69, 9.17) is 4.74 Å². The van der Waals surface area contributed by atoms with Gasteiger partial charge in [-0.05, 0) is 39.0 Å². The Kier molecular flexibility index (Phi) is 6.19. The van der Waals surface area contributed by atoms with Crippen molar-refractivity contribution in [3.63, 3.8) is 0 Å². The molecule has 11 heteroatoms. The molecular weight excluding hydrogens is 429 g/mol. The number of carbonyl (C=O) groups is 1. The first-order chi connectivity index (χ1) is 15.0. The highest BCUT2D eigenvalue weighted by molar-refractivity contribution is 5.93. The van der Waals surface area contributed by atoms with Gasteiger partial charge in [-0.3, -0.25) is 14.9 Å². The lowest BCUT2D eigenvalue weighted by Gasteiger charge is -2.14. The van der Waals surface area contributed by atoms with Gasteiger partial charge >= 0.3 is 6.18 Å². The van der Waals surface area contributed by atoms with Crippen LogP contribution in [0.25, 0.3) is 5.69 Å². The molecule has 0 spiro atoms. The molecule has 0 saturated heterocycles. The molecule has 0 unspecified atom stereocenters. The maximum Gasteiger partial charge on any atom is 0.420 e. The fraction of sp³-hybridized carbons (Fsp3) is 0.238. The van der Waals surface area contributed by atoms with Gasteiger partial charge < -0.3 is 10.1 Å². The highest BCUT2D eigenvalue weighted by atomic mass is 19.4. The van der Waals surface area contributed by atoms with Crippen LogP contribution in [0.1, 0.15) is 22.5 Å². The summed E-state index contributed by atoms with van der Waals surface area (Å²) in [5, 5.41) is 17.8. The van der Waals surface area contributed by atoms with Crippen LogP contribution in [0.3, 0.4) is 0 Å². The summed E-state index contributed by atoms with van der Waals surface area (Å²) < 4.78 is 46.4. The molecular formula is C21H19F3N4O4. The summed E-state index contributed by atoms with van der Waals surface area (Å²) in [6.07, 6.45) is -4.89. The quantitative estimate of drug-likeness (QED) is 0.434. The number of ether oxygens (including phenoxy) is 1. The second-order valence-corrected chi connectivity index (χ2v) is 7.07. The van der Waals surface area contributed by atoms with E-state index in [2.05, 4.69) is 10.4 Å². The topological polar surface area (TPSA) is 99.3 Å². The number of hydrogen-bond acceptors (Lipinski definition) is 5. The number of non-ortho nitro benzene ring substituents is 1. The fourth-order valence-corrected chi connectivity index (χ4v) is 3.06. The zero-order valence-electron chi connectivity index (χ0n) is 17.4. The molecule has 1 aromatic heterocycles. The normalized spacial score (nSPS) is 11.3. The predicted octanol–water partition coefficient (Wildman–Crippen LogP) is 4.74. The average Bonchev–Trinajstić information content (AvgIpc) is 3.00. The molecule has 0 saturated carbocycles. The van der Waals surface area contributed by atoms with Crippen molar-refractivity contribution in [2.75, 3.05) is 11.9 Å². The van der Waals surface area contributed by atoms with E-state index in [0.29, 0.717) is 23.1 Å². The molecule has 0 aliphatic heterocycles. The van der Waals surface area contributed by atoms with Crippen molar-refractivity contribution in [2.24, 2.45) is 0 Å². The van der Waals surface area contributed by atoms with Crippen LogP contribution in [0.5, 0.6) is 5.75 Å². The molecule has 1 amide bonds. The van der Waals surface area contributed by atoms with Gasteiger partial charge in [0.05, 0.1) is 27.7 Å². The minimum atomic E-state index is -4.89. The molecule has 0 radical (unpaired) electrons. The Morgan fingerprint density at radius 1 is 1.16 bits per heavy atom. The van der Waals surface area contributed by atoms with Gasteiger partial charge in [0.1, 0.15) is 11.3 Å². The number of anilines is 1. The number of aromatic nitrogens is 2. The van der Waals surface area contributed by atoms with Crippen LogP contribution in [0.4, 0.5) is 24.5 Å². The van der Waals surface area contributed by atoms with E-state index in [0.717, 1.165) is 23.4 Å². The Bertz CT molecular complexity index is 1170. The molecule has 0 bridgehead atoms. The van der Waals surface area contributed by atoms with E-state index in [1.54, 1.807) is 18.5 Å². The van der Waals surface area contributed by atoms with Crippen LogP contribution in [-0.4, -0.2) is 27.2 Å². The molecule has 0 aliphatic carbocycles. The third kappa shape index (κ3) is 4.88. The second-order valence-electron chi connectivity index (χ2n) is 7.07. The molecule has 2 aromatic carbocycles. The minimum absolute atomic E-state index is 0.368. The first kappa shape index (κ1) is 22.8. The van der Waals surface area contributed by atoms with Crippen molar-refractivity contribution in [3.8, 4) is 11.4 Å². The predicted molar refractivity (Wildman–Crippen MR) is 110 cm³/mol. The number of nitrogens with one attached hydrogen (secondary N) is 1. The second kappa shape index (κ2) is 8.69. The minimum Gasteiger partial charge on any atom is -0.483 e. The number of amides is 1. The largest absolute Gasteiger partial charge is 0.483 e. The van der Waals surface area contributed by atoms with E-state index in [1.165, 1.54) is 0 Å². The van der Waals surface area contributed by atoms with Crippen LogP contribution in [-0.2, 0) is 11.0 Å². The summed E-state index contributed by atoms with van der Waals surface area (Å²) >= 11 is 0. The smallest absolute Gasteiger partial charge is 0.420 e. The molecule has 0 fully saturated rings. The molecule has 168 valence electrons. The first-order valence-electron chi connectivity index (χ1n) is 9.39. The summed E-state index contributed by atoms with van der Waals surface area (Å²) in [4.78, 5) is 22.2. The fourth-order valence-electron chi connectivity index (χ4n) is 3.06. The summed E-state index contributed by atoms with van der Waals surface area (Å²) in [5.74, 6) is -1.38. The number of rotatable bonds is 6. The molecule has 3 aromatic rings. The van der Waals surface area contributed by atoms with Gasteiger partial charge in [-0.15, -0.1) is 0 Å². The Morgan fingerprint density at radius 3 is 2.41 bits per heavy atom. The van der Waals surface area contributed by atoms with Crippen molar-refractivity contribution < 1.29 is 27.6 Å². The van der Waals surface area contributed by atoms with Gasteiger partial charge in [0, 0.05) is 12.1 Å². The van der Waals surface area contributed by atoms with E-state index >= 15 is 0 Å². The lowest BCUT2D eigenvalue weighted by atomic mass is 10.1. The molecule has 0 atom stereocenters. The number of nitro groups is 1. The molecule has 8 nitrogen and oxygen atoms in total. The van der Waals surface area contributed by atoms with Gasteiger partial charge in [-0.1, -0.05) is 17.7 Å². The number of aryl methyl sites for hydroxylation is 2. The van der Waals surface area contributed by atoms with Crippen LogP contribution >= 0.6 is 0 Å². The lowest BCUT2D eigenvalue weighted by molar-refractivity contribution is -0.385. The van der Waals surface area contributed by atoms with Crippen molar-refractivity contribution in [1.29, 1.82) is 0 Å². The number of hydrogen-bond donors (Lipinski definition) is 1. The van der Waals surface area contributed by atoms with E-state index in [1.807, 2.05) is 31.2 Å². The Hall–Kier alpha value is -3.89. The average molecular weight is 448 g/mol. The van der Waals surface area contributed by atoms with Crippen molar-refractivity contribution in [2.45, 2.75) is 26.9 Å². The van der Waals surface area contributed by atoms with E-state index in [-0.39, 0.29) is 0 Å². The molecule has 1 N–H and O–H groups in total. The number of carbonyl (C=O) groups excluding carboxylic acids is 1. The van der Waals surface area contributed by atoms with Gasteiger partial charge in [-0.2, -0.15) is 18.3 Å². The summed E-state index contributed by atoms with van der Waals surface area (Å²) in [7, 11) is 0. The number of nitro benzene ring substituents is 1. The molecule has 0 aliphatic rings. The van der Waals surface area contributed by atoms with Gasteiger partial charge in [-0.25, -0.2) is 4.68 Å². The Balaban J connectivity index is 1.76. The maximum atomic E-state index is 13.2. The highest BCUT2D eigenvalue weighted by Gasteiger charge is 2.36. The van der Waals surface area contributed by atoms with Crippen molar-refractivity contribution in [3.05, 3.63) is 75.1 Å².